The molecule has 3 aromatic carbocycles. The average molecular weight is 428 g/mol. The second-order valence-electron chi connectivity index (χ2n) is 7.71. The number of alkyl carbamates (subject to hydrolysis) is 1. The SMILES string of the molecule is Cc1cccc([N+](=O)[O-])c1C=CCCNC(=O)OCC1c2ccccc2-c2ccccc21. The number of carbonyl (C=O) groups is 1. The molecule has 0 aromatic heterocycles. The van der Waals surface area contributed by atoms with Crippen molar-refractivity contribution in [2.75, 3.05) is 13.2 Å². The van der Waals surface area contributed by atoms with Gasteiger partial charge in [0.1, 0.15) is 6.61 Å². The molecule has 1 amide bonds. The molecule has 162 valence electrons. The first-order valence-electron chi connectivity index (χ1n) is 10.6. The number of nitro benzene ring substituents is 1. The van der Waals surface area contributed by atoms with Crippen molar-refractivity contribution >= 4 is 17.9 Å². The van der Waals surface area contributed by atoms with Gasteiger partial charge in [-0.3, -0.25) is 10.1 Å². The molecule has 1 N–H and O–H groups in total. The Morgan fingerprint density at radius 3 is 2.34 bits per heavy atom. The molecule has 0 radical (unpaired) electrons. The summed E-state index contributed by atoms with van der Waals surface area (Å²) < 4.78 is 5.51. The molecule has 3 aromatic rings. The van der Waals surface area contributed by atoms with Gasteiger partial charge in [0.15, 0.2) is 0 Å². The molecule has 0 fully saturated rings. The van der Waals surface area contributed by atoms with Crippen molar-refractivity contribution in [1.29, 1.82) is 0 Å². The maximum absolute atomic E-state index is 12.2. The highest BCUT2D eigenvalue weighted by molar-refractivity contribution is 5.79. The summed E-state index contributed by atoms with van der Waals surface area (Å²) >= 11 is 0. The molecular formula is C26H24N2O4. The number of amides is 1. The summed E-state index contributed by atoms with van der Waals surface area (Å²) in [6.07, 6.45) is 3.61. The van der Waals surface area contributed by atoms with Crippen molar-refractivity contribution in [3.05, 3.63) is 105 Å². The lowest BCUT2D eigenvalue weighted by atomic mass is 9.98. The molecule has 0 bridgehead atoms. The van der Waals surface area contributed by atoms with Crippen LogP contribution in [-0.4, -0.2) is 24.2 Å². The molecule has 6 heteroatoms. The molecule has 0 unspecified atom stereocenters. The van der Waals surface area contributed by atoms with Crippen LogP contribution in [0, 0.1) is 17.0 Å². The second-order valence-corrected chi connectivity index (χ2v) is 7.71. The maximum atomic E-state index is 12.2. The monoisotopic (exact) mass is 428 g/mol. The van der Waals surface area contributed by atoms with Gasteiger partial charge in [-0.1, -0.05) is 72.8 Å². The molecule has 0 spiro atoms. The molecule has 0 heterocycles. The van der Waals surface area contributed by atoms with Gasteiger partial charge in [0, 0.05) is 18.5 Å². The van der Waals surface area contributed by atoms with Gasteiger partial charge < -0.3 is 10.1 Å². The molecule has 0 atom stereocenters. The minimum atomic E-state index is -0.470. The lowest BCUT2D eigenvalue weighted by Gasteiger charge is -2.14. The molecule has 1 aliphatic carbocycles. The molecule has 4 rings (SSSR count). The second kappa shape index (κ2) is 9.47. The molecule has 32 heavy (non-hydrogen) atoms. The highest BCUT2D eigenvalue weighted by atomic mass is 16.6. The summed E-state index contributed by atoms with van der Waals surface area (Å²) in [7, 11) is 0. The average Bonchev–Trinajstić information content (AvgIpc) is 3.12. The number of nitrogens with zero attached hydrogens (tertiary/aromatic N) is 1. The molecule has 0 saturated carbocycles. The van der Waals surface area contributed by atoms with E-state index in [1.807, 2.05) is 43.3 Å². The Morgan fingerprint density at radius 1 is 1.03 bits per heavy atom. The summed E-state index contributed by atoms with van der Waals surface area (Å²) in [5.74, 6) is 0.0228. The highest BCUT2D eigenvalue weighted by Crippen LogP contribution is 2.44. The Hall–Kier alpha value is -3.93. The zero-order valence-electron chi connectivity index (χ0n) is 17.8. The number of aryl methyl sites for hydroxylation is 1. The topological polar surface area (TPSA) is 81.5 Å². The zero-order valence-corrected chi connectivity index (χ0v) is 17.8. The Kier molecular flexibility index (Phi) is 6.31. The fourth-order valence-corrected chi connectivity index (χ4v) is 4.15. The van der Waals surface area contributed by atoms with Gasteiger partial charge in [-0.15, -0.1) is 0 Å². The van der Waals surface area contributed by atoms with Crippen molar-refractivity contribution in [1.82, 2.24) is 5.32 Å². The van der Waals surface area contributed by atoms with Crippen LogP contribution < -0.4 is 5.32 Å². The van der Waals surface area contributed by atoms with Crippen LogP contribution >= 0.6 is 0 Å². The van der Waals surface area contributed by atoms with E-state index in [4.69, 9.17) is 4.74 Å². The number of rotatable bonds is 7. The molecule has 6 nitrogen and oxygen atoms in total. The van der Waals surface area contributed by atoms with E-state index in [0.29, 0.717) is 18.5 Å². The molecule has 0 saturated heterocycles. The van der Waals surface area contributed by atoms with Gasteiger partial charge in [-0.2, -0.15) is 0 Å². The number of fused-ring (bicyclic) bond motifs is 3. The van der Waals surface area contributed by atoms with Crippen LogP contribution in [0.2, 0.25) is 0 Å². The van der Waals surface area contributed by atoms with Crippen molar-refractivity contribution in [2.45, 2.75) is 19.3 Å². The number of nitro groups is 1. The fraction of sp³-hybridized carbons (Fsp3) is 0.192. The normalized spacial score (nSPS) is 12.4. The zero-order chi connectivity index (χ0) is 22.5. The lowest BCUT2D eigenvalue weighted by molar-refractivity contribution is -0.385. The Morgan fingerprint density at radius 2 is 1.69 bits per heavy atom. The van der Waals surface area contributed by atoms with E-state index >= 15 is 0 Å². The van der Waals surface area contributed by atoms with Crippen LogP contribution in [0.3, 0.4) is 0 Å². The first-order valence-corrected chi connectivity index (χ1v) is 10.6. The van der Waals surface area contributed by atoms with Crippen LogP contribution in [0.1, 0.15) is 34.6 Å². The van der Waals surface area contributed by atoms with E-state index in [9.17, 15) is 14.9 Å². The summed E-state index contributed by atoms with van der Waals surface area (Å²) in [5, 5.41) is 13.9. The number of ether oxygens (including phenoxy) is 1. The minimum Gasteiger partial charge on any atom is -0.449 e. The number of benzene rings is 3. The van der Waals surface area contributed by atoms with Crippen LogP contribution in [-0.2, 0) is 4.74 Å². The minimum absolute atomic E-state index is 0.0228. The predicted molar refractivity (Wildman–Crippen MR) is 125 cm³/mol. The summed E-state index contributed by atoms with van der Waals surface area (Å²) in [4.78, 5) is 23.0. The first kappa shape index (κ1) is 21.3. The fourth-order valence-electron chi connectivity index (χ4n) is 4.15. The van der Waals surface area contributed by atoms with E-state index in [0.717, 1.165) is 5.56 Å². The predicted octanol–water partition coefficient (Wildman–Crippen LogP) is 5.85. The third kappa shape index (κ3) is 4.39. The molecular weight excluding hydrogens is 404 g/mol. The van der Waals surface area contributed by atoms with Gasteiger partial charge >= 0.3 is 6.09 Å². The van der Waals surface area contributed by atoms with Crippen LogP contribution in [0.25, 0.3) is 17.2 Å². The van der Waals surface area contributed by atoms with Crippen LogP contribution in [0.5, 0.6) is 0 Å². The third-order valence-electron chi connectivity index (χ3n) is 5.71. The van der Waals surface area contributed by atoms with Gasteiger partial charge in [-0.25, -0.2) is 4.79 Å². The van der Waals surface area contributed by atoms with Gasteiger partial charge in [0.25, 0.3) is 5.69 Å². The van der Waals surface area contributed by atoms with Crippen LogP contribution in [0.4, 0.5) is 10.5 Å². The number of hydrogen-bond donors (Lipinski definition) is 1. The Labute approximate surface area is 186 Å². The third-order valence-corrected chi connectivity index (χ3v) is 5.71. The Balaban J connectivity index is 1.30. The number of carbonyl (C=O) groups excluding carboxylic acids is 1. The van der Waals surface area contributed by atoms with E-state index in [1.54, 1.807) is 12.1 Å². The summed E-state index contributed by atoms with van der Waals surface area (Å²) in [5.41, 5.74) is 6.21. The smallest absolute Gasteiger partial charge is 0.407 e. The first-order chi connectivity index (χ1) is 15.6. The number of nitrogens with one attached hydrogen (secondary N) is 1. The Bertz CT molecular complexity index is 1140. The quantitative estimate of drug-likeness (QED) is 0.291. The largest absolute Gasteiger partial charge is 0.449 e. The lowest BCUT2D eigenvalue weighted by Crippen LogP contribution is -2.26. The molecule has 1 aliphatic rings. The van der Waals surface area contributed by atoms with Gasteiger partial charge in [0.2, 0.25) is 0 Å². The van der Waals surface area contributed by atoms with E-state index < -0.39 is 6.09 Å². The van der Waals surface area contributed by atoms with E-state index in [1.165, 1.54) is 28.3 Å². The van der Waals surface area contributed by atoms with Gasteiger partial charge in [0.05, 0.1) is 10.5 Å². The van der Waals surface area contributed by atoms with E-state index in [2.05, 4.69) is 29.6 Å². The van der Waals surface area contributed by atoms with Gasteiger partial charge in [-0.05, 0) is 41.2 Å². The van der Waals surface area contributed by atoms with Crippen LogP contribution in [0.15, 0.2) is 72.8 Å². The molecule has 0 aliphatic heterocycles. The van der Waals surface area contributed by atoms with Crippen molar-refractivity contribution in [3.8, 4) is 11.1 Å². The highest BCUT2D eigenvalue weighted by Gasteiger charge is 2.28. The standard InChI is InChI=1S/C26H24N2O4/c1-18-9-8-15-25(28(30)31)19(18)10-6-7-16-27-26(29)32-17-24-22-13-4-2-11-20(22)21-12-3-5-14-23(21)24/h2-6,8-15,24H,7,16-17H2,1H3,(H,27,29). The summed E-state index contributed by atoms with van der Waals surface area (Å²) in [6, 6.07) is 21.4. The maximum Gasteiger partial charge on any atom is 0.407 e. The number of hydrogen-bond acceptors (Lipinski definition) is 4. The van der Waals surface area contributed by atoms with Crippen molar-refractivity contribution < 1.29 is 14.5 Å². The van der Waals surface area contributed by atoms with Crippen molar-refractivity contribution in [3.63, 3.8) is 0 Å². The summed E-state index contributed by atoms with van der Waals surface area (Å²) in [6.45, 7) is 2.49. The van der Waals surface area contributed by atoms with E-state index in [-0.39, 0.29) is 23.1 Å². The van der Waals surface area contributed by atoms with Crippen molar-refractivity contribution in [2.24, 2.45) is 0 Å².